The number of hydrogen-bond donors (Lipinski definition) is 1. The Morgan fingerprint density at radius 3 is 2.86 bits per heavy atom. The molecule has 6 heteroatoms. The van der Waals surface area contributed by atoms with E-state index in [4.69, 9.17) is 4.74 Å². The normalized spacial score (nSPS) is 16.0. The summed E-state index contributed by atoms with van der Waals surface area (Å²) in [5.74, 6) is 1.90. The lowest BCUT2D eigenvalue weighted by atomic mass is 10.1. The number of ether oxygens (including phenoxy) is 1. The molecular formula is C15H20N4O2. The van der Waals surface area contributed by atoms with E-state index in [-0.39, 0.29) is 0 Å². The quantitative estimate of drug-likeness (QED) is 0.911. The summed E-state index contributed by atoms with van der Waals surface area (Å²) in [5.41, 5.74) is 2.21. The molecule has 112 valence electrons. The molecule has 21 heavy (non-hydrogen) atoms. The van der Waals surface area contributed by atoms with E-state index >= 15 is 0 Å². The van der Waals surface area contributed by atoms with Crippen molar-refractivity contribution in [2.75, 3.05) is 6.61 Å². The van der Waals surface area contributed by atoms with E-state index in [1.165, 1.54) is 12.8 Å². The van der Waals surface area contributed by atoms with Gasteiger partial charge in [-0.3, -0.25) is 4.68 Å². The molecule has 1 fully saturated rings. The van der Waals surface area contributed by atoms with Gasteiger partial charge in [0, 0.05) is 25.0 Å². The van der Waals surface area contributed by atoms with E-state index in [0.717, 1.165) is 11.1 Å². The van der Waals surface area contributed by atoms with Crippen molar-refractivity contribution in [1.82, 2.24) is 19.7 Å². The molecule has 6 nitrogen and oxygen atoms in total. The van der Waals surface area contributed by atoms with Crippen LogP contribution in [0.4, 0.5) is 0 Å². The zero-order valence-electron chi connectivity index (χ0n) is 12.6. The third-order valence-corrected chi connectivity index (χ3v) is 3.57. The minimum absolute atomic E-state index is 0.573. The van der Waals surface area contributed by atoms with Gasteiger partial charge in [-0.2, -0.15) is 10.1 Å². The predicted octanol–water partition coefficient (Wildman–Crippen LogP) is 2.03. The molecule has 1 atom stereocenters. The zero-order valence-corrected chi connectivity index (χ0v) is 12.6. The van der Waals surface area contributed by atoms with Gasteiger partial charge < -0.3 is 9.84 Å². The summed E-state index contributed by atoms with van der Waals surface area (Å²) in [4.78, 5) is 8.67. The largest absolute Gasteiger partial charge is 0.477 e. The van der Waals surface area contributed by atoms with Crippen LogP contribution < -0.4 is 4.74 Å². The molecule has 1 aliphatic rings. The molecule has 0 spiro atoms. The fourth-order valence-corrected chi connectivity index (χ4v) is 2.25. The topological polar surface area (TPSA) is 73.1 Å². The van der Waals surface area contributed by atoms with Crippen molar-refractivity contribution in [2.24, 2.45) is 13.0 Å². The fourth-order valence-electron chi connectivity index (χ4n) is 2.25. The first-order valence-corrected chi connectivity index (χ1v) is 7.23. The maximum Gasteiger partial charge on any atom is 0.224 e. The SMILES string of the molecule is Cc1ncc(-c2cn(C)nc2C(C)O)c(OCC2CC2)n1. The predicted molar refractivity (Wildman–Crippen MR) is 77.8 cm³/mol. The molecule has 1 aliphatic carbocycles. The van der Waals surface area contributed by atoms with Crippen LogP contribution in [-0.2, 0) is 7.05 Å². The molecule has 2 heterocycles. The zero-order chi connectivity index (χ0) is 15.0. The van der Waals surface area contributed by atoms with Gasteiger partial charge in [-0.25, -0.2) is 4.98 Å². The second-order valence-corrected chi connectivity index (χ2v) is 5.67. The molecule has 2 aromatic heterocycles. The van der Waals surface area contributed by atoms with Crippen LogP contribution >= 0.6 is 0 Å². The average Bonchev–Trinajstić information content (AvgIpc) is 3.18. The summed E-state index contributed by atoms with van der Waals surface area (Å²) in [6, 6.07) is 0. The van der Waals surface area contributed by atoms with Crippen molar-refractivity contribution in [3.05, 3.63) is 23.9 Å². The highest BCUT2D eigenvalue weighted by Gasteiger charge is 2.24. The van der Waals surface area contributed by atoms with Gasteiger partial charge in [-0.15, -0.1) is 0 Å². The second-order valence-electron chi connectivity index (χ2n) is 5.67. The van der Waals surface area contributed by atoms with E-state index in [1.807, 2.05) is 20.2 Å². The Balaban J connectivity index is 2.00. The Hall–Kier alpha value is -1.95. The summed E-state index contributed by atoms with van der Waals surface area (Å²) in [7, 11) is 1.83. The molecule has 3 rings (SSSR count). The summed E-state index contributed by atoms with van der Waals surface area (Å²) in [6.07, 6.45) is 5.41. The Kier molecular flexibility index (Phi) is 3.63. The number of rotatable bonds is 5. The van der Waals surface area contributed by atoms with Gasteiger partial charge in [-0.05, 0) is 32.6 Å². The van der Waals surface area contributed by atoms with Crippen molar-refractivity contribution in [3.63, 3.8) is 0 Å². The number of aryl methyl sites for hydroxylation is 2. The maximum absolute atomic E-state index is 9.90. The average molecular weight is 288 g/mol. The van der Waals surface area contributed by atoms with Crippen LogP contribution in [-0.4, -0.2) is 31.5 Å². The maximum atomic E-state index is 9.90. The van der Waals surface area contributed by atoms with Gasteiger partial charge in [0.25, 0.3) is 0 Å². The highest BCUT2D eigenvalue weighted by molar-refractivity contribution is 5.69. The third kappa shape index (κ3) is 3.05. The molecule has 0 aliphatic heterocycles. The second kappa shape index (κ2) is 5.44. The van der Waals surface area contributed by atoms with Crippen LogP contribution in [0.2, 0.25) is 0 Å². The summed E-state index contributed by atoms with van der Waals surface area (Å²) in [6.45, 7) is 4.23. The molecule has 0 radical (unpaired) electrons. The van der Waals surface area contributed by atoms with Gasteiger partial charge in [0.05, 0.1) is 24.0 Å². The summed E-state index contributed by atoms with van der Waals surface area (Å²) in [5, 5.41) is 14.2. The molecule has 1 saturated carbocycles. The molecule has 0 amide bonds. The van der Waals surface area contributed by atoms with Crippen LogP contribution in [0.25, 0.3) is 11.1 Å². The molecule has 2 aromatic rings. The lowest BCUT2D eigenvalue weighted by molar-refractivity contribution is 0.194. The standard InChI is InChI=1S/C15H20N4O2/c1-9(20)14-13(7-19(3)18-14)12-6-16-10(2)17-15(12)21-8-11-4-5-11/h6-7,9,11,20H,4-5,8H2,1-3H3. The molecule has 1 N–H and O–H groups in total. The van der Waals surface area contributed by atoms with E-state index < -0.39 is 6.10 Å². The number of nitrogens with zero attached hydrogens (tertiary/aromatic N) is 4. The van der Waals surface area contributed by atoms with Crippen molar-refractivity contribution in [1.29, 1.82) is 0 Å². The van der Waals surface area contributed by atoms with Crippen LogP contribution in [0.3, 0.4) is 0 Å². The Morgan fingerprint density at radius 1 is 1.43 bits per heavy atom. The highest BCUT2D eigenvalue weighted by Crippen LogP contribution is 2.35. The van der Waals surface area contributed by atoms with Gasteiger partial charge in [0.2, 0.25) is 5.88 Å². The fraction of sp³-hybridized carbons (Fsp3) is 0.533. The molecule has 0 aromatic carbocycles. The smallest absolute Gasteiger partial charge is 0.224 e. The Labute approximate surface area is 123 Å². The van der Waals surface area contributed by atoms with Crippen molar-refractivity contribution >= 4 is 0 Å². The lowest BCUT2D eigenvalue weighted by Gasteiger charge is -2.11. The van der Waals surface area contributed by atoms with E-state index in [2.05, 4.69) is 15.1 Å². The van der Waals surface area contributed by atoms with Crippen molar-refractivity contribution in [2.45, 2.75) is 32.8 Å². The Morgan fingerprint density at radius 2 is 2.19 bits per heavy atom. The lowest BCUT2D eigenvalue weighted by Crippen LogP contribution is -2.05. The van der Waals surface area contributed by atoms with Gasteiger partial charge >= 0.3 is 0 Å². The van der Waals surface area contributed by atoms with Crippen LogP contribution in [0.15, 0.2) is 12.4 Å². The number of aliphatic hydroxyl groups is 1. The third-order valence-electron chi connectivity index (χ3n) is 3.57. The van der Waals surface area contributed by atoms with Gasteiger partial charge in [-0.1, -0.05) is 0 Å². The van der Waals surface area contributed by atoms with Crippen molar-refractivity contribution in [3.8, 4) is 17.0 Å². The molecule has 0 saturated heterocycles. The van der Waals surface area contributed by atoms with Crippen LogP contribution in [0.5, 0.6) is 5.88 Å². The van der Waals surface area contributed by atoms with Crippen LogP contribution in [0.1, 0.15) is 37.4 Å². The Bertz CT molecular complexity index is 647. The number of aromatic nitrogens is 4. The monoisotopic (exact) mass is 288 g/mol. The summed E-state index contributed by atoms with van der Waals surface area (Å²) >= 11 is 0. The van der Waals surface area contributed by atoms with E-state index in [1.54, 1.807) is 17.8 Å². The van der Waals surface area contributed by atoms with E-state index in [9.17, 15) is 5.11 Å². The summed E-state index contributed by atoms with van der Waals surface area (Å²) < 4.78 is 7.55. The first-order chi connectivity index (χ1) is 10.0. The van der Waals surface area contributed by atoms with Gasteiger partial charge in [0.15, 0.2) is 0 Å². The number of hydrogen-bond acceptors (Lipinski definition) is 5. The molecular weight excluding hydrogens is 268 g/mol. The van der Waals surface area contributed by atoms with Crippen molar-refractivity contribution < 1.29 is 9.84 Å². The molecule has 1 unspecified atom stereocenters. The molecule has 0 bridgehead atoms. The van der Waals surface area contributed by atoms with Gasteiger partial charge in [0.1, 0.15) is 5.82 Å². The highest BCUT2D eigenvalue weighted by atomic mass is 16.5. The van der Waals surface area contributed by atoms with E-state index in [0.29, 0.717) is 29.9 Å². The minimum Gasteiger partial charge on any atom is -0.477 e. The first kappa shape index (κ1) is 14.0. The van der Waals surface area contributed by atoms with Crippen LogP contribution in [0, 0.1) is 12.8 Å². The number of aliphatic hydroxyl groups excluding tert-OH is 1. The minimum atomic E-state index is -0.654. The first-order valence-electron chi connectivity index (χ1n) is 7.23.